The van der Waals surface area contributed by atoms with Gasteiger partial charge in [0.25, 0.3) is 0 Å². The Morgan fingerprint density at radius 1 is 1.28 bits per heavy atom. The third-order valence-electron chi connectivity index (χ3n) is 2.89. The van der Waals surface area contributed by atoms with Crippen molar-refractivity contribution in [1.82, 2.24) is 5.32 Å². The standard InChI is InChI=1S/C13H20ClNO2S/c1-3-18(16,17)10-4-9-15-11(2)12-5-7-13(14)8-6-12/h5-8,11,15H,3-4,9-10H2,1-2H3. The molecule has 0 bridgehead atoms. The van der Waals surface area contributed by atoms with Gasteiger partial charge in [-0.2, -0.15) is 0 Å². The van der Waals surface area contributed by atoms with Crippen LogP contribution in [-0.2, 0) is 9.84 Å². The van der Waals surface area contributed by atoms with E-state index in [4.69, 9.17) is 11.6 Å². The Bertz CT molecular complexity index is 456. The van der Waals surface area contributed by atoms with Gasteiger partial charge in [-0.25, -0.2) is 8.42 Å². The number of sulfone groups is 1. The molecule has 0 aliphatic heterocycles. The van der Waals surface area contributed by atoms with Crippen LogP contribution in [-0.4, -0.2) is 26.5 Å². The van der Waals surface area contributed by atoms with E-state index in [1.165, 1.54) is 0 Å². The van der Waals surface area contributed by atoms with Crippen LogP contribution in [0, 0.1) is 0 Å². The number of hydrogen-bond acceptors (Lipinski definition) is 3. The number of rotatable bonds is 7. The van der Waals surface area contributed by atoms with E-state index >= 15 is 0 Å². The lowest BCUT2D eigenvalue weighted by Crippen LogP contribution is -2.22. The molecule has 1 rings (SSSR count). The van der Waals surface area contributed by atoms with Crippen LogP contribution in [0.3, 0.4) is 0 Å². The zero-order valence-corrected chi connectivity index (χ0v) is 12.4. The van der Waals surface area contributed by atoms with Crippen molar-refractivity contribution in [3.8, 4) is 0 Å². The third kappa shape index (κ3) is 5.38. The molecule has 0 saturated carbocycles. The van der Waals surface area contributed by atoms with Crippen LogP contribution in [0.2, 0.25) is 5.02 Å². The Morgan fingerprint density at radius 2 is 1.89 bits per heavy atom. The fourth-order valence-electron chi connectivity index (χ4n) is 1.62. The van der Waals surface area contributed by atoms with E-state index in [2.05, 4.69) is 12.2 Å². The molecule has 0 amide bonds. The molecule has 0 aromatic heterocycles. The van der Waals surface area contributed by atoms with Crippen molar-refractivity contribution >= 4 is 21.4 Å². The van der Waals surface area contributed by atoms with Crippen molar-refractivity contribution in [3.05, 3.63) is 34.9 Å². The minimum absolute atomic E-state index is 0.201. The molecular weight excluding hydrogens is 270 g/mol. The van der Waals surface area contributed by atoms with Crippen LogP contribution >= 0.6 is 11.6 Å². The molecule has 5 heteroatoms. The predicted octanol–water partition coefficient (Wildman–Crippen LogP) is 2.82. The average Bonchev–Trinajstić information content (AvgIpc) is 2.35. The molecule has 1 unspecified atom stereocenters. The van der Waals surface area contributed by atoms with Crippen LogP contribution < -0.4 is 5.32 Å². The molecule has 1 N–H and O–H groups in total. The molecule has 1 atom stereocenters. The molecule has 0 fully saturated rings. The van der Waals surface area contributed by atoms with Crippen molar-refractivity contribution in [3.63, 3.8) is 0 Å². The van der Waals surface area contributed by atoms with Gasteiger partial charge in [-0.3, -0.25) is 0 Å². The van der Waals surface area contributed by atoms with Gasteiger partial charge in [0.15, 0.2) is 0 Å². The third-order valence-corrected chi connectivity index (χ3v) is 4.93. The van der Waals surface area contributed by atoms with Gasteiger partial charge in [-0.1, -0.05) is 30.7 Å². The van der Waals surface area contributed by atoms with Crippen molar-refractivity contribution in [1.29, 1.82) is 0 Å². The average molecular weight is 290 g/mol. The maximum Gasteiger partial charge on any atom is 0.150 e. The summed E-state index contributed by atoms with van der Waals surface area (Å²) < 4.78 is 22.6. The predicted molar refractivity (Wildman–Crippen MR) is 76.8 cm³/mol. The summed E-state index contributed by atoms with van der Waals surface area (Å²) in [6, 6.07) is 7.87. The second-order valence-electron chi connectivity index (χ2n) is 4.32. The quantitative estimate of drug-likeness (QED) is 0.785. The van der Waals surface area contributed by atoms with Gasteiger partial charge < -0.3 is 5.32 Å². The summed E-state index contributed by atoms with van der Waals surface area (Å²) in [6.45, 7) is 4.43. The van der Waals surface area contributed by atoms with E-state index in [0.717, 1.165) is 10.6 Å². The van der Waals surface area contributed by atoms with Gasteiger partial charge >= 0.3 is 0 Å². The van der Waals surface area contributed by atoms with E-state index < -0.39 is 9.84 Å². The fraction of sp³-hybridized carbons (Fsp3) is 0.538. The first-order chi connectivity index (χ1) is 8.44. The summed E-state index contributed by atoms with van der Waals surface area (Å²) in [5.74, 6) is 0.476. The zero-order chi connectivity index (χ0) is 13.6. The van der Waals surface area contributed by atoms with Crippen LogP contribution in [0.15, 0.2) is 24.3 Å². The molecule has 1 aromatic carbocycles. The molecule has 0 heterocycles. The van der Waals surface area contributed by atoms with E-state index in [1.54, 1.807) is 6.92 Å². The van der Waals surface area contributed by atoms with Crippen LogP contribution in [0.5, 0.6) is 0 Å². The van der Waals surface area contributed by atoms with Crippen molar-refractivity contribution in [2.75, 3.05) is 18.1 Å². The monoisotopic (exact) mass is 289 g/mol. The minimum atomic E-state index is -2.85. The van der Waals surface area contributed by atoms with E-state index in [-0.39, 0.29) is 17.5 Å². The van der Waals surface area contributed by atoms with E-state index in [9.17, 15) is 8.42 Å². The van der Waals surface area contributed by atoms with Gasteiger partial charge in [0.2, 0.25) is 0 Å². The number of nitrogens with one attached hydrogen (secondary N) is 1. The lowest BCUT2D eigenvalue weighted by atomic mass is 10.1. The summed E-state index contributed by atoms with van der Waals surface area (Å²) in [7, 11) is -2.85. The van der Waals surface area contributed by atoms with E-state index in [1.807, 2.05) is 24.3 Å². The molecule has 102 valence electrons. The van der Waals surface area contributed by atoms with Crippen LogP contribution in [0.1, 0.15) is 31.9 Å². The zero-order valence-electron chi connectivity index (χ0n) is 10.8. The Hall–Kier alpha value is -0.580. The van der Waals surface area contributed by atoms with Crippen molar-refractivity contribution in [2.24, 2.45) is 0 Å². The van der Waals surface area contributed by atoms with Crippen molar-refractivity contribution in [2.45, 2.75) is 26.3 Å². The molecule has 18 heavy (non-hydrogen) atoms. The largest absolute Gasteiger partial charge is 0.310 e. The highest BCUT2D eigenvalue weighted by Crippen LogP contribution is 2.15. The van der Waals surface area contributed by atoms with Crippen LogP contribution in [0.4, 0.5) is 0 Å². The molecule has 0 saturated heterocycles. The van der Waals surface area contributed by atoms with Crippen molar-refractivity contribution < 1.29 is 8.42 Å². The molecule has 0 aliphatic carbocycles. The first-order valence-corrected chi connectivity index (χ1v) is 8.34. The maximum atomic E-state index is 11.3. The fourth-order valence-corrected chi connectivity index (χ4v) is 2.62. The molecule has 0 spiro atoms. The number of hydrogen-bond donors (Lipinski definition) is 1. The highest BCUT2D eigenvalue weighted by Gasteiger charge is 2.08. The SMILES string of the molecule is CCS(=O)(=O)CCCNC(C)c1ccc(Cl)cc1. The Kier molecular flexibility index (Phi) is 6.12. The second-order valence-corrected chi connectivity index (χ2v) is 7.23. The molecular formula is C13H20ClNO2S. The van der Waals surface area contributed by atoms with Gasteiger partial charge in [-0.05, 0) is 37.6 Å². The van der Waals surface area contributed by atoms with Gasteiger partial charge in [0, 0.05) is 16.8 Å². The van der Waals surface area contributed by atoms with Gasteiger partial charge in [0.1, 0.15) is 9.84 Å². The smallest absolute Gasteiger partial charge is 0.150 e. The van der Waals surface area contributed by atoms with Gasteiger partial charge in [0.05, 0.1) is 5.75 Å². The summed E-state index contributed by atoms with van der Waals surface area (Å²) in [5, 5.41) is 4.03. The minimum Gasteiger partial charge on any atom is -0.310 e. The summed E-state index contributed by atoms with van der Waals surface area (Å²) >= 11 is 5.82. The Labute approximate surface area is 114 Å². The summed E-state index contributed by atoms with van der Waals surface area (Å²) in [4.78, 5) is 0. The van der Waals surface area contributed by atoms with Gasteiger partial charge in [-0.15, -0.1) is 0 Å². The number of benzene rings is 1. The first kappa shape index (κ1) is 15.5. The number of halogens is 1. The molecule has 0 radical (unpaired) electrons. The lowest BCUT2D eigenvalue weighted by Gasteiger charge is -2.14. The summed E-state index contributed by atoms with van der Waals surface area (Å²) in [6.07, 6.45) is 0.647. The normalized spacial score (nSPS) is 13.5. The summed E-state index contributed by atoms with van der Waals surface area (Å²) in [5.41, 5.74) is 1.15. The second kappa shape index (κ2) is 7.12. The Morgan fingerprint density at radius 3 is 2.44 bits per heavy atom. The first-order valence-electron chi connectivity index (χ1n) is 6.14. The molecule has 1 aromatic rings. The highest BCUT2D eigenvalue weighted by atomic mass is 35.5. The Balaban J connectivity index is 2.34. The van der Waals surface area contributed by atoms with Crippen LogP contribution in [0.25, 0.3) is 0 Å². The maximum absolute atomic E-state index is 11.3. The molecule has 3 nitrogen and oxygen atoms in total. The lowest BCUT2D eigenvalue weighted by molar-refractivity contribution is 0.560. The van der Waals surface area contributed by atoms with E-state index in [0.29, 0.717) is 13.0 Å². The topological polar surface area (TPSA) is 46.2 Å². The highest BCUT2D eigenvalue weighted by molar-refractivity contribution is 7.91. The molecule has 0 aliphatic rings.